The first kappa shape index (κ1) is 23.8. The molecule has 4 rings (SSSR count). The third-order valence-electron chi connectivity index (χ3n) is 5.83. The fourth-order valence-electron chi connectivity index (χ4n) is 4.17. The van der Waals surface area contributed by atoms with Gasteiger partial charge in [-0.05, 0) is 48.6 Å². The van der Waals surface area contributed by atoms with Gasteiger partial charge in [0.2, 0.25) is 0 Å². The number of carbonyl (C=O) groups is 4. The van der Waals surface area contributed by atoms with E-state index in [4.69, 9.17) is 9.84 Å². The normalized spacial score (nSPS) is 17.1. The Labute approximate surface area is 198 Å². The number of thiophene rings is 1. The van der Waals surface area contributed by atoms with Crippen molar-refractivity contribution in [2.45, 2.75) is 38.8 Å². The number of hydrogen-bond donors (Lipinski definition) is 2. The van der Waals surface area contributed by atoms with Crippen LogP contribution < -0.4 is 4.74 Å². The average Bonchev–Trinajstić information content (AvgIpc) is 3.53. The third-order valence-corrected chi connectivity index (χ3v) is 6.95. The van der Waals surface area contributed by atoms with Crippen molar-refractivity contribution >= 4 is 40.6 Å². The number of carbonyl (C=O) groups excluding carboxylic acids is 2. The van der Waals surface area contributed by atoms with Crippen molar-refractivity contribution in [1.29, 1.82) is 0 Å². The van der Waals surface area contributed by atoms with Crippen LogP contribution in [0.5, 0.6) is 5.06 Å². The molecule has 34 heavy (non-hydrogen) atoms. The van der Waals surface area contributed by atoms with Gasteiger partial charge in [0.05, 0.1) is 11.6 Å². The van der Waals surface area contributed by atoms with E-state index in [1.165, 1.54) is 30.4 Å². The van der Waals surface area contributed by atoms with E-state index in [1.54, 1.807) is 6.07 Å². The minimum atomic E-state index is -1.47. The molecule has 1 saturated carbocycles. The molecule has 1 aliphatic carbocycles. The molecule has 1 unspecified atom stereocenters. The number of benzene rings is 1. The quantitative estimate of drug-likeness (QED) is 0.429. The van der Waals surface area contributed by atoms with E-state index < -0.39 is 35.3 Å². The predicted octanol–water partition coefficient (Wildman–Crippen LogP) is 3.44. The molecule has 8 nitrogen and oxygen atoms in total. The van der Waals surface area contributed by atoms with Crippen LogP contribution in [-0.2, 0) is 32.1 Å². The molecule has 1 aromatic heterocycles. The Morgan fingerprint density at radius 2 is 1.94 bits per heavy atom. The average molecular weight is 488 g/mol. The van der Waals surface area contributed by atoms with Crippen LogP contribution in [0.3, 0.4) is 0 Å². The number of hydrogen-bond acceptors (Lipinski definition) is 7. The first-order valence-corrected chi connectivity index (χ1v) is 11.5. The number of carboxylic acids is 2. The van der Waals surface area contributed by atoms with Crippen molar-refractivity contribution < 1.29 is 38.5 Å². The maximum Gasteiger partial charge on any atom is 0.336 e. The number of ether oxygens (including phenoxy) is 1. The van der Waals surface area contributed by atoms with Crippen LogP contribution in [0.15, 0.2) is 30.3 Å². The number of nitrogens with zero attached hydrogens (tertiary/aromatic N) is 1. The van der Waals surface area contributed by atoms with Crippen molar-refractivity contribution in [3.05, 3.63) is 57.7 Å². The Morgan fingerprint density at radius 3 is 2.56 bits per heavy atom. The number of Topliss-reactive ketones (excluding diaryl/α,β-unsaturated/α-hetero) is 1. The van der Waals surface area contributed by atoms with Crippen molar-refractivity contribution in [3.8, 4) is 5.06 Å². The molecular formula is C24H22FNO7S. The predicted molar refractivity (Wildman–Crippen MR) is 120 cm³/mol. The molecule has 0 amide bonds. The van der Waals surface area contributed by atoms with Crippen LogP contribution >= 0.6 is 11.3 Å². The maximum atomic E-state index is 15.1. The van der Waals surface area contributed by atoms with E-state index in [0.29, 0.717) is 43.5 Å². The summed E-state index contributed by atoms with van der Waals surface area (Å²) in [6, 6.07) is 4.32. The summed E-state index contributed by atoms with van der Waals surface area (Å²) in [6.45, 7) is 2.10. The molecule has 0 radical (unpaired) electrons. The summed E-state index contributed by atoms with van der Waals surface area (Å²) >= 11 is 1.36. The second-order valence-electron chi connectivity index (χ2n) is 8.34. The van der Waals surface area contributed by atoms with Gasteiger partial charge in [-0.25, -0.2) is 14.0 Å². The number of carboxylic acid groups (broad SMARTS) is 2. The number of halogens is 1. The Morgan fingerprint density at radius 1 is 1.21 bits per heavy atom. The van der Waals surface area contributed by atoms with Gasteiger partial charge in [-0.15, -0.1) is 11.3 Å². The van der Waals surface area contributed by atoms with Crippen LogP contribution in [0.25, 0.3) is 5.57 Å². The molecule has 178 valence electrons. The van der Waals surface area contributed by atoms with Gasteiger partial charge in [0.25, 0.3) is 0 Å². The molecule has 2 aromatic rings. The molecule has 2 heterocycles. The number of aliphatic carboxylic acids is 2. The van der Waals surface area contributed by atoms with Gasteiger partial charge < -0.3 is 14.9 Å². The van der Waals surface area contributed by atoms with Gasteiger partial charge in [-0.1, -0.05) is 6.07 Å². The van der Waals surface area contributed by atoms with Crippen LogP contribution in [-0.4, -0.2) is 45.3 Å². The first-order valence-electron chi connectivity index (χ1n) is 10.7. The molecule has 2 N–H and O–H groups in total. The van der Waals surface area contributed by atoms with Crippen LogP contribution in [0, 0.1) is 11.7 Å². The lowest BCUT2D eigenvalue weighted by Gasteiger charge is -2.34. The fourth-order valence-corrected chi connectivity index (χ4v) is 5.22. The van der Waals surface area contributed by atoms with Gasteiger partial charge in [0.1, 0.15) is 5.82 Å². The van der Waals surface area contributed by atoms with Crippen molar-refractivity contribution in [2.75, 3.05) is 6.54 Å². The molecule has 1 fully saturated rings. The standard InChI is InChI=1S/C24H22FNO7S/c1-12(27)33-21-9-15-11-26(7-6-19(15)34-21)22(23(30)13-2-3-13)17-8-14(4-5-18(17)25)16(24(31)32)10-20(28)29/h4-5,8-10,13,22H,2-3,6-7,11H2,1H3,(H,28,29)(H,31,32). The van der Waals surface area contributed by atoms with Gasteiger partial charge in [0, 0.05) is 42.4 Å². The van der Waals surface area contributed by atoms with Gasteiger partial charge in [-0.2, -0.15) is 0 Å². The molecule has 2 aliphatic rings. The van der Waals surface area contributed by atoms with Crippen molar-refractivity contribution in [1.82, 2.24) is 4.90 Å². The lowest BCUT2D eigenvalue weighted by Crippen LogP contribution is -2.38. The zero-order chi connectivity index (χ0) is 24.6. The Balaban J connectivity index is 1.72. The number of ketones is 1. The molecule has 0 saturated heterocycles. The molecule has 1 aromatic carbocycles. The summed E-state index contributed by atoms with van der Waals surface area (Å²) in [6.07, 6.45) is 2.55. The second kappa shape index (κ2) is 9.47. The second-order valence-corrected chi connectivity index (χ2v) is 9.44. The number of rotatable bonds is 8. The Hall–Kier alpha value is -3.37. The number of esters is 1. The lowest BCUT2D eigenvalue weighted by molar-refractivity contribution is -0.133. The SMILES string of the molecule is CC(=O)Oc1cc2c(s1)CCN(C(C(=O)C1CC1)c1cc(C(=CC(=O)O)C(=O)O)ccc1F)C2. The molecular weight excluding hydrogens is 465 g/mol. The zero-order valence-corrected chi connectivity index (χ0v) is 19.1. The Bertz CT molecular complexity index is 1210. The first-order chi connectivity index (χ1) is 16.1. The van der Waals surface area contributed by atoms with Crippen molar-refractivity contribution in [2.24, 2.45) is 5.92 Å². The fraction of sp³-hybridized carbons (Fsp3) is 0.333. The van der Waals surface area contributed by atoms with E-state index in [-0.39, 0.29) is 22.8 Å². The summed E-state index contributed by atoms with van der Waals surface area (Å²) in [5.41, 5.74) is 0.405. The van der Waals surface area contributed by atoms with E-state index in [2.05, 4.69) is 0 Å². The topological polar surface area (TPSA) is 121 Å². The van der Waals surface area contributed by atoms with Crippen LogP contribution in [0.1, 0.15) is 47.4 Å². The zero-order valence-electron chi connectivity index (χ0n) is 18.2. The minimum Gasteiger partial charge on any atom is -0.478 e. The van der Waals surface area contributed by atoms with Gasteiger partial charge in [0.15, 0.2) is 10.8 Å². The monoisotopic (exact) mass is 487 g/mol. The molecule has 1 atom stereocenters. The van der Waals surface area contributed by atoms with Crippen LogP contribution in [0.4, 0.5) is 4.39 Å². The smallest absolute Gasteiger partial charge is 0.336 e. The summed E-state index contributed by atoms with van der Waals surface area (Å²) < 4.78 is 20.3. The highest BCUT2D eigenvalue weighted by molar-refractivity contribution is 7.14. The molecule has 0 bridgehead atoms. The van der Waals surface area contributed by atoms with E-state index in [0.717, 1.165) is 16.5 Å². The minimum absolute atomic E-state index is 0.00488. The summed E-state index contributed by atoms with van der Waals surface area (Å²) in [4.78, 5) is 50.2. The van der Waals surface area contributed by atoms with Crippen LogP contribution in [0.2, 0.25) is 0 Å². The molecule has 10 heteroatoms. The highest BCUT2D eigenvalue weighted by Gasteiger charge is 2.41. The molecule has 1 aliphatic heterocycles. The third kappa shape index (κ3) is 5.07. The van der Waals surface area contributed by atoms with Crippen molar-refractivity contribution in [3.63, 3.8) is 0 Å². The summed E-state index contributed by atoms with van der Waals surface area (Å²) in [5.74, 6) is -4.35. The van der Waals surface area contributed by atoms with Gasteiger partial charge >= 0.3 is 17.9 Å². The highest BCUT2D eigenvalue weighted by Crippen LogP contribution is 2.41. The van der Waals surface area contributed by atoms with E-state index >= 15 is 4.39 Å². The lowest BCUT2D eigenvalue weighted by atomic mass is 9.92. The number of fused-ring (bicyclic) bond motifs is 1. The maximum absolute atomic E-state index is 15.1. The highest BCUT2D eigenvalue weighted by atomic mass is 32.1. The van der Waals surface area contributed by atoms with E-state index in [9.17, 15) is 24.3 Å². The Kier molecular flexibility index (Phi) is 6.63. The molecule has 0 spiro atoms. The summed E-state index contributed by atoms with van der Waals surface area (Å²) in [5, 5.41) is 19.0. The van der Waals surface area contributed by atoms with Gasteiger partial charge in [-0.3, -0.25) is 14.5 Å². The van der Waals surface area contributed by atoms with E-state index in [1.807, 2.05) is 4.90 Å². The summed E-state index contributed by atoms with van der Waals surface area (Å²) in [7, 11) is 0. The largest absolute Gasteiger partial charge is 0.478 e.